The quantitative estimate of drug-likeness (QED) is 0.877. The molecule has 0 unspecified atom stereocenters. The summed E-state index contributed by atoms with van der Waals surface area (Å²) in [5.41, 5.74) is 0.620. The van der Waals surface area contributed by atoms with E-state index < -0.39 is 6.03 Å². The number of carbonyl (C=O) groups excluding carboxylic acids is 2. The van der Waals surface area contributed by atoms with Crippen molar-refractivity contribution in [3.8, 4) is 0 Å². The Labute approximate surface area is 119 Å². The van der Waals surface area contributed by atoms with Crippen molar-refractivity contribution in [2.24, 2.45) is 0 Å². The van der Waals surface area contributed by atoms with Crippen LogP contribution in [0.4, 0.5) is 9.18 Å². The number of nitrogens with zero attached hydrogens (tertiary/aromatic N) is 1. The highest BCUT2D eigenvalue weighted by Crippen LogP contribution is 2.17. The first-order valence-electron chi connectivity index (χ1n) is 5.56. The van der Waals surface area contributed by atoms with Gasteiger partial charge in [0, 0.05) is 25.1 Å². The van der Waals surface area contributed by atoms with E-state index in [0.717, 1.165) is 0 Å². The van der Waals surface area contributed by atoms with Gasteiger partial charge in [-0.25, -0.2) is 9.18 Å². The van der Waals surface area contributed by atoms with Crippen LogP contribution in [-0.4, -0.2) is 37.5 Å². The van der Waals surface area contributed by atoms with Gasteiger partial charge in [0.2, 0.25) is 5.91 Å². The lowest BCUT2D eigenvalue weighted by atomic mass is 10.2. The fraction of sp³-hybridized carbons (Fsp3) is 0.333. The molecule has 0 fully saturated rings. The van der Waals surface area contributed by atoms with Gasteiger partial charge < -0.3 is 15.5 Å². The number of halogens is 2. The molecule has 1 aromatic rings. The number of rotatable bonds is 4. The van der Waals surface area contributed by atoms with E-state index in [9.17, 15) is 14.0 Å². The third-order valence-electron chi connectivity index (χ3n) is 2.35. The van der Waals surface area contributed by atoms with Crippen LogP contribution in [0.15, 0.2) is 22.7 Å². The van der Waals surface area contributed by atoms with Crippen LogP contribution in [-0.2, 0) is 11.3 Å². The van der Waals surface area contributed by atoms with Crippen LogP contribution >= 0.6 is 15.9 Å². The van der Waals surface area contributed by atoms with Gasteiger partial charge in [0.25, 0.3) is 0 Å². The third kappa shape index (κ3) is 5.25. The van der Waals surface area contributed by atoms with Crippen molar-refractivity contribution in [1.82, 2.24) is 15.5 Å². The molecule has 104 valence electrons. The van der Waals surface area contributed by atoms with Crippen LogP contribution in [0.3, 0.4) is 0 Å². The summed E-state index contributed by atoms with van der Waals surface area (Å²) in [5, 5.41) is 4.96. The number of carbonyl (C=O) groups is 2. The summed E-state index contributed by atoms with van der Waals surface area (Å²) in [7, 11) is 3.21. The minimum atomic E-state index is -0.480. The van der Waals surface area contributed by atoms with E-state index in [2.05, 4.69) is 26.6 Å². The molecule has 2 N–H and O–H groups in total. The van der Waals surface area contributed by atoms with Gasteiger partial charge in [-0.15, -0.1) is 0 Å². The molecule has 0 atom stereocenters. The second-order valence-electron chi connectivity index (χ2n) is 4.06. The molecule has 19 heavy (non-hydrogen) atoms. The Morgan fingerprint density at radius 3 is 2.63 bits per heavy atom. The van der Waals surface area contributed by atoms with Crippen LogP contribution in [0, 0.1) is 5.82 Å². The van der Waals surface area contributed by atoms with Gasteiger partial charge in [0.1, 0.15) is 5.82 Å². The lowest BCUT2D eigenvalue weighted by molar-refractivity contribution is -0.127. The van der Waals surface area contributed by atoms with Crippen molar-refractivity contribution < 1.29 is 14.0 Å². The molecule has 1 aromatic carbocycles. The Morgan fingerprint density at radius 1 is 1.32 bits per heavy atom. The summed E-state index contributed by atoms with van der Waals surface area (Å²) in [6.45, 7) is 0.0868. The number of hydrogen-bond donors (Lipinski definition) is 2. The van der Waals surface area contributed by atoms with Crippen molar-refractivity contribution in [2.75, 3.05) is 20.6 Å². The maximum atomic E-state index is 13.0. The molecule has 7 heteroatoms. The maximum absolute atomic E-state index is 13.0. The molecule has 0 aliphatic rings. The minimum absolute atomic E-state index is 0.0802. The summed E-state index contributed by atoms with van der Waals surface area (Å²) in [5.74, 6) is -0.578. The molecule has 5 nitrogen and oxygen atoms in total. The Morgan fingerprint density at radius 2 is 2.00 bits per heavy atom. The Balaban J connectivity index is 2.42. The van der Waals surface area contributed by atoms with Crippen LogP contribution in [0.2, 0.25) is 0 Å². The third-order valence-corrected chi connectivity index (χ3v) is 3.12. The average molecular weight is 332 g/mol. The maximum Gasteiger partial charge on any atom is 0.315 e. The number of hydrogen-bond acceptors (Lipinski definition) is 2. The molecule has 0 saturated heterocycles. The van der Waals surface area contributed by atoms with Crippen molar-refractivity contribution in [3.63, 3.8) is 0 Å². The van der Waals surface area contributed by atoms with Gasteiger partial charge in [0.15, 0.2) is 0 Å². The minimum Gasteiger partial charge on any atom is -0.347 e. The molecular formula is C12H15BrFN3O2. The lowest BCUT2D eigenvalue weighted by Crippen LogP contribution is -2.41. The van der Waals surface area contributed by atoms with Crippen molar-refractivity contribution in [2.45, 2.75) is 6.54 Å². The Kier molecular flexibility index (Phi) is 5.75. The highest BCUT2D eigenvalue weighted by molar-refractivity contribution is 9.10. The van der Waals surface area contributed by atoms with E-state index in [0.29, 0.717) is 10.0 Å². The molecular weight excluding hydrogens is 317 g/mol. The van der Waals surface area contributed by atoms with Gasteiger partial charge in [-0.05, 0) is 23.8 Å². The summed E-state index contributed by atoms with van der Waals surface area (Å²) in [4.78, 5) is 24.1. The second-order valence-corrected chi connectivity index (χ2v) is 4.91. The topological polar surface area (TPSA) is 61.4 Å². The van der Waals surface area contributed by atoms with Gasteiger partial charge in [-0.1, -0.05) is 15.9 Å². The number of urea groups is 1. The number of likely N-dealkylation sites (N-methyl/N-ethyl adjacent to an activating group) is 1. The standard InChI is InChI=1S/C12H15BrFN3O2/c1-17(2)11(18)7-16-12(19)15-6-8-5-9(14)3-4-10(8)13/h3-5H,6-7H2,1-2H3,(H2,15,16,19). The molecule has 0 aliphatic heterocycles. The van der Waals surface area contributed by atoms with E-state index >= 15 is 0 Å². The zero-order valence-electron chi connectivity index (χ0n) is 10.7. The summed E-state index contributed by atoms with van der Waals surface area (Å²) in [6, 6.07) is 3.74. The number of nitrogens with one attached hydrogen (secondary N) is 2. The number of benzene rings is 1. The first-order valence-corrected chi connectivity index (χ1v) is 6.35. The first-order chi connectivity index (χ1) is 8.90. The van der Waals surface area contributed by atoms with Crippen LogP contribution in [0.1, 0.15) is 5.56 Å². The number of amides is 3. The summed E-state index contributed by atoms with van der Waals surface area (Å²) in [6.07, 6.45) is 0. The predicted molar refractivity (Wildman–Crippen MR) is 73.0 cm³/mol. The average Bonchev–Trinajstić information content (AvgIpc) is 2.36. The van der Waals surface area contributed by atoms with E-state index in [1.54, 1.807) is 20.2 Å². The highest BCUT2D eigenvalue weighted by Gasteiger charge is 2.07. The van der Waals surface area contributed by atoms with Crippen LogP contribution < -0.4 is 10.6 Å². The molecule has 0 heterocycles. The van der Waals surface area contributed by atoms with E-state index in [1.807, 2.05) is 0 Å². The molecule has 0 aliphatic carbocycles. The Hall–Kier alpha value is -1.63. The second kappa shape index (κ2) is 7.08. The molecule has 0 radical (unpaired) electrons. The molecule has 0 saturated carbocycles. The zero-order chi connectivity index (χ0) is 14.4. The van der Waals surface area contributed by atoms with Gasteiger partial charge >= 0.3 is 6.03 Å². The fourth-order valence-electron chi connectivity index (χ4n) is 1.23. The van der Waals surface area contributed by atoms with Gasteiger partial charge in [-0.2, -0.15) is 0 Å². The predicted octanol–water partition coefficient (Wildman–Crippen LogP) is 1.48. The SMILES string of the molecule is CN(C)C(=O)CNC(=O)NCc1cc(F)ccc1Br. The first kappa shape index (κ1) is 15.4. The van der Waals surface area contributed by atoms with Crippen molar-refractivity contribution >= 4 is 27.9 Å². The van der Waals surface area contributed by atoms with Crippen molar-refractivity contribution in [1.29, 1.82) is 0 Å². The molecule has 3 amide bonds. The summed E-state index contributed by atoms with van der Waals surface area (Å²) < 4.78 is 13.7. The fourth-order valence-corrected chi connectivity index (χ4v) is 1.62. The highest BCUT2D eigenvalue weighted by atomic mass is 79.9. The van der Waals surface area contributed by atoms with Crippen molar-refractivity contribution in [3.05, 3.63) is 34.1 Å². The largest absolute Gasteiger partial charge is 0.347 e. The van der Waals surface area contributed by atoms with Gasteiger partial charge in [-0.3, -0.25) is 4.79 Å². The Bertz CT molecular complexity index is 480. The molecule has 0 spiro atoms. The normalized spacial score (nSPS) is 9.89. The molecule has 0 bridgehead atoms. The molecule has 0 aromatic heterocycles. The van der Waals surface area contributed by atoms with Gasteiger partial charge in [0.05, 0.1) is 6.54 Å². The molecule has 1 rings (SSSR count). The van der Waals surface area contributed by atoms with E-state index in [4.69, 9.17) is 0 Å². The van der Waals surface area contributed by atoms with E-state index in [-0.39, 0.29) is 24.8 Å². The zero-order valence-corrected chi connectivity index (χ0v) is 12.3. The lowest BCUT2D eigenvalue weighted by Gasteiger charge is -2.12. The smallest absolute Gasteiger partial charge is 0.315 e. The van der Waals surface area contributed by atoms with E-state index in [1.165, 1.54) is 17.0 Å². The van der Waals surface area contributed by atoms with Crippen LogP contribution in [0.25, 0.3) is 0 Å². The monoisotopic (exact) mass is 331 g/mol. The van der Waals surface area contributed by atoms with Crippen LogP contribution in [0.5, 0.6) is 0 Å². The summed E-state index contributed by atoms with van der Waals surface area (Å²) >= 11 is 3.26.